The number of fused-ring (bicyclic) bond motifs is 10. The van der Waals surface area contributed by atoms with Crippen LogP contribution in [0.2, 0.25) is 0 Å². The topological polar surface area (TPSA) is 25.8 Å². The fraction of sp³-hybridized carbons (Fsp3) is 0.0476. The monoisotopic (exact) mass is 560 g/mol. The van der Waals surface area contributed by atoms with E-state index in [0.717, 1.165) is 28.3 Å². The van der Waals surface area contributed by atoms with Gasteiger partial charge in [0, 0.05) is 22.3 Å². The minimum atomic E-state index is -0.515. The Kier molecular flexibility index (Phi) is 5.36. The Hall–Kier alpha value is -5.60. The highest BCUT2D eigenvalue weighted by Gasteiger charge is 2.54. The van der Waals surface area contributed by atoms with E-state index in [1.165, 1.54) is 55.6 Å². The van der Waals surface area contributed by atoms with E-state index >= 15 is 0 Å². The van der Waals surface area contributed by atoms with Gasteiger partial charge in [-0.2, -0.15) is 0 Å². The summed E-state index contributed by atoms with van der Waals surface area (Å²) in [6, 6.07) is 54.6. The second kappa shape index (κ2) is 9.45. The van der Waals surface area contributed by atoms with Gasteiger partial charge < -0.3 is 0 Å². The number of nitrogens with zero attached hydrogens (tertiary/aromatic N) is 2. The molecule has 0 saturated carbocycles. The van der Waals surface area contributed by atoms with Gasteiger partial charge in [-0.05, 0) is 45.9 Å². The molecular formula is C42H28N2. The fourth-order valence-electron chi connectivity index (χ4n) is 7.45. The second-order valence-corrected chi connectivity index (χ2v) is 11.8. The van der Waals surface area contributed by atoms with Gasteiger partial charge in [0.15, 0.2) is 5.82 Å². The summed E-state index contributed by atoms with van der Waals surface area (Å²) in [6.07, 6.45) is 0. The first-order valence-corrected chi connectivity index (χ1v) is 15.2. The van der Waals surface area contributed by atoms with E-state index in [0.29, 0.717) is 0 Å². The van der Waals surface area contributed by atoms with Gasteiger partial charge in [-0.3, -0.25) is 0 Å². The molecule has 1 heterocycles. The molecule has 9 rings (SSSR count). The molecule has 0 aliphatic heterocycles. The van der Waals surface area contributed by atoms with E-state index in [9.17, 15) is 0 Å². The SMILES string of the molecule is Cc1ccc(-c2ccc(-c3nc(-c4ccccc4)nc4c3C3(c5ccccc5-c5ccccc53)c3ccccc3-4)cc2)cc1. The molecule has 1 spiro atoms. The number of benzene rings is 6. The molecule has 206 valence electrons. The molecule has 2 heteroatoms. The van der Waals surface area contributed by atoms with Crippen LogP contribution >= 0.6 is 0 Å². The van der Waals surface area contributed by atoms with E-state index in [2.05, 4.69) is 153 Å². The summed E-state index contributed by atoms with van der Waals surface area (Å²) >= 11 is 0. The maximum atomic E-state index is 5.44. The van der Waals surface area contributed by atoms with Crippen LogP contribution in [0.25, 0.3) is 56.2 Å². The minimum absolute atomic E-state index is 0.515. The van der Waals surface area contributed by atoms with E-state index in [-0.39, 0.29) is 0 Å². The van der Waals surface area contributed by atoms with Gasteiger partial charge in [-0.25, -0.2) is 9.97 Å². The maximum absolute atomic E-state index is 5.44. The van der Waals surface area contributed by atoms with E-state index in [1.54, 1.807) is 0 Å². The van der Waals surface area contributed by atoms with E-state index in [4.69, 9.17) is 9.97 Å². The summed E-state index contributed by atoms with van der Waals surface area (Å²) < 4.78 is 0. The number of hydrogen-bond acceptors (Lipinski definition) is 2. The van der Waals surface area contributed by atoms with Crippen molar-refractivity contribution in [3.8, 4) is 56.2 Å². The number of aromatic nitrogens is 2. The Morgan fingerprint density at radius 3 is 1.45 bits per heavy atom. The summed E-state index contributed by atoms with van der Waals surface area (Å²) in [6.45, 7) is 2.13. The van der Waals surface area contributed by atoms with Gasteiger partial charge in [0.05, 0.1) is 16.8 Å². The number of aryl methyl sites for hydroxylation is 1. The quantitative estimate of drug-likeness (QED) is 0.215. The van der Waals surface area contributed by atoms with Crippen LogP contribution in [0.15, 0.2) is 152 Å². The lowest BCUT2D eigenvalue weighted by Gasteiger charge is -2.31. The van der Waals surface area contributed by atoms with Gasteiger partial charge in [0.25, 0.3) is 0 Å². The van der Waals surface area contributed by atoms with Crippen LogP contribution in [0.5, 0.6) is 0 Å². The molecule has 0 amide bonds. The van der Waals surface area contributed by atoms with Gasteiger partial charge in [0.1, 0.15) is 0 Å². The Bertz CT molecular complexity index is 2170. The molecule has 7 aromatic rings. The van der Waals surface area contributed by atoms with E-state index in [1.807, 2.05) is 6.07 Å². The third kappa shape index (κ3) is 3.43. The third-order valence-electron chi connectivity index (χ3n) is 9.40. The molecule has 1 aromatic heterocycles. The largest absolute Gasteiger partial charge is 0.228 e. The Morgan fingerprint density at radius 2 is 0.841 bits per heavy atom. The van der Waals surface area contributed by atoms with Crippen LogP contribution in [-0.2, 0) is 5.41 Å². The van der Waals surface area contributed by atoms with Crippen molar-refractivity contribution < 1.29 is 0 Å². The normalized spacial score (nSPS) is 13.3. The first-order valence-electron chi connectivity index (χ1n) is 15.2. The molecule has 0 fully saturated rings. The predicted octanol–water partition coefficient (Wildman–Crippen LogP) is 10.1. The zero-order valence-electron chi connectivity index (χ0n) is 24.3. The highest BCUT2D eigenvalue weighted by Crippen LogP contribution is 2.63. The van der Waals surface area contributed by atoms with Crippen molar-refractivity contribution >= 4 is 0 Å². The molecular weight excluding hydrogens is 532 g/mol. The lowest BCUT2D eigenvalue weighted by Crippen LogP contribution is -2.27. The summed E-state index contributed by atoms with van der Waals surface area (Å²) in [5, 5.41) is 0. The second-order valence-electron chi connectivity index (χ2n) is 11.8. The summed E-state index contributed by atoms with van der Waals surface area (Å²) in [5.41, 5.74) is 16.0. The van der Waals surface area contributed by atoms with Crippen molar-refractivity contribution in [2.24, 2.45) is 0 Å². The van der Waals surface area contributed by atoms with Gasteiger partial charge in [-0.1, -0.05) is 157 Å². The Balaban J connectivity index is 1.38. The molecule has 0 bridgehead atoms. The number of hydrogen-bond donors (Lipinski definition) is 0. The zero-order chi connectivity index (χ0) is 29.3. The van der Waals surface area contributed by atoms with Crippen molar-refractivity contribution in [2.75, 3.05) is 0 Å². The van der Waals surface area contributed by atoms with Crippen LogP contribution in [0.1, 0.15) is 27.8 Å². The molecule has 2 nitrogen and oxygen atoms in total. The molecule has 0 radical (unpaired) electrons. The summed E-state index contributed by atoms with van der Waals surface area (Å²) in [7, 11) is 0. The predicted molar refractivity (Wildman–Crippen MR) is 179 cm³/mol. The Labute approximate surface area is 257 Å². The standard InChI is InChI=1S/C42H28N2/c1-27-19-21-28(22-20-27)29-23-25-30(26-24-29)39-38-40(44-41(43-39)31-11-3-2-4-12-31)34-15-7-10-18-37(34)42(38)35-16-8-5-13-32(35)33-14-6-9-17-36(33)42/h2-26H,1H3. The average Bonchev–Trinajstić information content (AvgIpc) is 3.56. The highest BCUT2D eigenvalue weighted by molar-refractivity contribution is 5.97. The lowest BCUT2D eigenvalue weighted by atomic mass is 9.69. The molecule has 2 aliphatic rings. The molecule has 0 atom stereocenters. The molecule has 2 aliphatic carbocycles. The molecule has 6 aromatic carbocycles. The minimum Gasteiger partial charge on any atom is -0.228 e. The smallest absolute Gasteiger partial charge is 0.160 e. The van der Waals surface area contributed by atoms with Crippen molar-refractivity contribution in [1.82, 2.24) is 9.97 Å². The van der Waals surface area contributed by atoms with Crippen molar-refractivity contribution in [3.63, 3.8) is 0 Å². The summed E-state index contributed by atoms with van der Waals surface area (Å²) in [5.74, 6) is 0.744. The molecule has 0 N–H and O–H groups in total. The molecule has 0 saturated heterocycles. The van der Waals surface area contributed by atoms with Gasteiger partial charge in [-0.15, -0.1) is 0 Å². The maximum Gasteiger partial charge on any atom is 0.160 e. The molecule has 44 heavy (non-hydrogen) atoms. The zero-order valence-corrected chi connectivity index (χ0v) is 24.3. The van der Waals surface area contributed by atoms with Crippen molar-refractivity contribution in [1.29, 1.82) is 0 Å². The van der Waals surface area contributed by atoms with Crippen molar-refractivity contribution in [2.45, 2.75) is 12.3 Å². The fourth-order valence-corrected chi connectivity index (χ4v) is 7.45. The van der Waals surface area contributed by atoms with Gasteiger partial charge in [0.2, 0.25) is 0 Å². The molecule has 0 unspecified atom stereocenters. The van der Waals surface area contributed by atoms with Crippen LogP contribution in [0.3, 0.4) is 0 Å². The first-order chi connectivity index (χ1) is 21.7. The lowest BCUT2D eigenvalue weighted by molar-refractivity contribution is 0.788. The third-order valence-corrected chi connectivity index (χ3v) is 9.40. The van der Waals surface area contributed by atoms with E-state index < -0.39 is 5.41 Å². The van der Waals surface area contributed by atoms with Crippen LogP contribution in [0.4, 0.5) is 0 Å². The van der Waals surface area contributed by atoms with Crippen LogP contribution in [0, 0.1) is 6.92 Å². The van der Waals surface area contributed by atoms with Gasteiger partial charge >= 0.3 is 0 Å². The first kappa shape index (κ1) is 24.9. The van der Waals surface area contributed by atoms with Crippen LogP contribution in [-0.4, -0.2) is 9.97 Å². The number of rotatable bonds is 3. The van der Waals surface area contributed by atoms with Crippen LogP contribution < -0.4 is 0 Å². The Morgan fingerprint density at radius 1 is 0.386 bits per heavy atom. The average molecular weight is 561 g/mol. The highest BCUT2D eigenvalue weighted by atomic mass is 14.9. The summed E-state index contributed by atoms with van der Waals surface area (Å²) in [4.78, 5) is 10.8. The van der Waals surface area contributed by atoms with Crippen molar-refractivity contribution in [3.05, 3.63) is 179 Å².